The number of nitrogens with zero attached hydrogens (tertiary/aromatic N) is 3. The second-order valence-electron chi connectivity index (χ2n) is 8.07. The highest BCUT2D eigenvalue weighted by atomic mass is 19.4. The molecular formula is C24H22F5N5O. The Kier molecular flexibility index (Phi) is 6.86. The van der Waals surface area contributed by atoms with Crippen molar-refractivity contribution in [1.82, 2.24) is 9.97 Å². The van der Waals surface area contributed by atoms with Gasteiger partial charge in [0.25, 0.3) is 5.91 Å². The van der Waals surface area contributed by atoms with Crippen molar-refractivity contribution in [2.24, 2.45) is 0 Å². The van der Waals surface area contributed by atoms with E-state index in [0.29, 0.717) is 24.5 Å². The summed E-state index contributed by atoms with van der Waals surface area (Å²) in [6, 6.07) is 10.2. The van der Waals surface area contributed by atoms with Gasteiger partial charge in [-0.05, 0) is 54.8 Å². The van der Waals surface area contributed by atoms with Crippen molar-refractivity contribution in [1.29, 1.82) is 0 Å². The van der Waals surface area contributed by atoms with Crippen LogP contribution in [0.2, 0.25) is 0 Å². The maximum atomic E-state index is 13.5. The van der Waals surface area contributed by atoms with Crippen LogP contribution in [0, 0.1) is 0 Å². The van der Waals surface area contributed by atoms with Crippen molar-refractivity contribution in [3.8, 4) is 0 Å². The van der Waals surface area contributed by atoms with Crippen LogP contribution in [-0.2, 0) is 12.5 Å². The highest BCUT2D eigenvalue weighted by Crippen LogP contribution is 2.43. The first-order valence-electron chi connectivity index (χ1n) is 10.9. The predicted octanol–water partition coefficient (Wildman–Crippen LogP) is 5.60. The summed E-state index contributed by atoms with van der Waals surface area (Å²) < 4.78 is 64.6. The Balaban J connectivity index is 1.43. The zero-order valence-electron chi connectivity index (χ0n) is 18.4. The molecule has 0 aliphatic carbocycles. The first-order valence-corrected chi connectivity index (χ1v) is 10.9. The molecule has 1 aliphatic heterocycles. The van der Waals surface area contributed by atoms with E-state index in [1.165, 1.54) is 12.3 Å². The number of pyridine rings is 2. The molecule has 0 atom stereocenters. The summed E-state index contributed by atoms with van der Waals surface area (Å²) in [5, 5.41) is 5.62. The van der Waals surface area contributed by atoms with Crippen LogP contribution >= 0.6 is 0 Å². The van der Waals surface area contributed by atoms with Gasteiger partial charge in [-0.2, -0.15) is 22.0 Å². The van der Waals surface area contributed by atoms with E-state index < -0.39 is 23.6 Å². The fourth-order valence-electron chi connectivity index (χ4n) is 3.73. The molecule has 184 valence electrons. The lowest BCUT2D eigenvalue weighted by Gasteiger charge is -2.20. The van der Waals surface area contributed by atoms with E-state index in [-0.39, 0.29) is 11.3 Å². The Morgan fingerprint density at radius 3 is 2.34 bits per heavy atom. The third kappa shape index (κ3) is 5.50. The maximum absolute atomic E-state index is 13.5. The van der Waals surface area contributed by atoms with Gasteiger partial charge in [0.15, 0.2) is 0 Å². The van der Waals surface area contributed by atoms with Crippen molar-refractivity contribution in [3.63, 3.8) is 0 Å². The number of hydrogen-bond donors (Lipinski definition) is 2. The summed E-state index contributed by atoms with van der Waals surface area (Å²) in [7, 11) is 0. The highest BCUT2D eigenvalue weighted by molar-refractivity contribution is 6.07. The zero-order valence-corrected chi connectivity index (χ0v) is 18.4. The Hall–Kier alpha value is -3.76. The number of benzene rings is 1. The van der Waals surface area contributed by atoms with Crippen molar-refractivity contribution in [3.05, 3.63) is 77.6 Å². The Labute approximate surface area is 198 Å². The van der Waals surface area contributed by atoms with Gasteiger partial charge in [-0.1, -0.05) is 12.1 Å². The number of carbonyl (C=O) groups excluding carboxylic acids is 1. The zero-order chi connectivity index (χ0) is 25.1. The van der Waals surface area contributed by atoms with Crippen molar-refractivity contribution in [2.75, 3.05) is 28.6 Å². The molecule has 1 saturated heterocycles. The molecule has 6 nitrogen and oxygen atoms in total. The van der Waals surface area contributed by atoms with E-state index in [1.807, 2.05) is 12.1 Å². The molecule has 3 aromatic rings. The fourth-order valence-corrected chi connectivity index (χ4v) is 3.73. The van der Waals surface area contributed by atoms with Crippen molar-refractivity contribution >= 4 is 23.2 Å². The Morgan fingerprint density at radius 1 is 0.943 bits per heavy atom. The minimum Gasteiger partial charge on any atom is -0.365 e. The molecule has 35 heavy (non-hydrogen) atoms. The molecule has 0 unspecified atom stereocenters. The quantitative estimate of drug-likeness (QED) is 0.422. The van der Waals surface area contributed by atoms with E-state index in [2.05, 4.69) is 25.5 Å². The molecular weight excluding hydrogens is 469 g/mol. The van der Waals surface area contributed by atoms with E-state index in [0.717, 1.165) is 49.4 Å². The molecule has 0 saturated carbocycles. The third-order valence-electron chi connectivity index (χ3n) is 5.61. The number of anilines is 3. The molecule has 0 bridgehead atoms. The first-order chi connectivity index (χ1) is 16.6. The van der Waals surface area contributed by atoms with Gasteiger partial charge in [0.1, 0.15) is 11.6 Å². The van der Waals surface area contributed by atoms with Crippen molar-refractivity contribution in [2.45, 2.75) is 31.5 Å². The van der Waals surface area contributed by atoms with Crippen LogP contribution < -0.4 is 15.5 Å². The summed E-state index contributed by atoms with van der Waals surface area (Å²) in [6.45, 7) is 2.30. The van der Waals surface area contributed by atoms with E-state index in [1.54, 1.807) is 12.3 Å². The molecule has 2 N–H and O–H groups in total. The highest BCUT2D eigenvalue weighted by Gasteiger charge is 2.58. The molecule has 0 radical (unpaired) electrons. The number of aromatic nitrogens is 2. The normalized spacial score (nSPS) is 14.1. The van der Waals surface area contributed by atoms with Gasteiger partial charge in [-0.3, -0.25) is 4.79 Å². The van der Waals surface area contributed by atoms with Crippen LogP contribution in [0.3, 0.4) is 0 Å². The Bertz CT molecular complexity index is 1180. The SMILES string of the molecule is O=C(Nc1ccc(C(F)(F)C(F)(F)F)cc1)c1cccnc1NCc1ccnc(N2CCCC2)c1. The van der Waals surface area contributed by atoms with E-state index in [9.17, 15) is 26.7 Å². The summed E-state index contributed by atoms with van der Waals surface area (Å²) in [5.41, 5.74) is -0.0144. The lowest BCUT2D eigenvalue weighted by atomic mass is 10.1. The fraction of sp³-hybridized carbons (Fsp3) is 0.292. The molecule has 3 heterocycles. The van der Waals surface area contributed by atoms with Gasteiger partial charge in [0.2, 0.25) is 0 Å². The number of nitrogens with one attached hydrogen (secondary N) is 2. The van der Waals surface area contributed by atoms with Gasteiger partial charge in [0, 0.05) is 43.3 Å². The lowest BCUT2D eigenvalue weighted by molar-refractivity contribution is -0.289. The molecule has 1 aromatic carbocycles. The summed E-state index contributed by atoms with van der Waals surface area (Å²) in [4.78, 5) is 23.6. The second-order valence-corrected chi connectivity index (χ2v) is 8.07. The molecule has 1 aliphatic rings. The molecule has 1 amide bonds. The predicted molar refractivity (Wildman–Crippen MR) is 122 cm³/mol. The van der Waals surface area contributed by atoms with Crippen LogP contribution in [0.5, 0.6) is 0 Å². The van der Waals surface area contributed by atoms with Crippen LogP contribution in [-0.4, -0.2) is 35.1 Å². The summed E-state index contributed by atoms with van der Waals surface area (Å²) in [5.74, 6) is -4.40. The molecule has 11 heteroatoms. The standard InChI is InChI=1S/C24H22F5N5O/c25-23(26,24(27,28)29)17-5-7-18(8-6-17)33-22(35)19-4-3-10-31-21(19)32-15-16-9-11-30-20(14-16)34-12-1-2-13-34/h3-11,14H,1-2,12-13,15H2,(H,31,32)(H,33,35). The molecule has 4 rings (SSSR count). The number of amides is 1. The van der Waals surface area contributed by atoms with Gasteiger partial charge < -0.3 is 15.5 Å². The van der Waals surface area contributed by atoms with Crippen LogP contribution in [0.15, 0.2) is 60.9 Å². The number of alkyl halides is 5. The Morgan fingerprint density at radius 2 is 1.66 bits per heavy atom. The summed E-state index contributed by atoms with van der Waals surface area (Å²) in [6.07, 6.45) is -0.218. The monoisotopic (exact) mass is 491 g/mol. The first kappa shape index (κ1) is 24.4. The van der Waals surface area contributed by atoms with Gasteiger partial charge in [0.05, 0.1) is 5.56 Å². The van der Waals surface area contributed by atoms with Gasteiger partial charge in [-0.25, -0.2) is 9.97 Å². The minimum atomic E-state index is -5.71. The van der Waals surface area contributed by atoms with Crippen LogP contribution in [0.25, 0.3) is 0 Å². The smallest absolute Gasteiger partial charge is 0.365 e. The van der Waals surface area contributed by atoms with Crippen molar-refractivity contribution < 1.29 is 26.7 Å². The second kappa shape index (κ2) is 9.85. The van der Waals surface area contributed by atoms with Gasteiger partial charge in [-0.15, -0.1) is 0 Å². The number of hydrogen-bond acceptors (Lipinski definition) is 5. The average molecular weight is 491 g/mol. The maximum Gasteiger partial charge on any atom is 0.458 e. The summed E-state index contributed by atoms with van der Waals surface area (Å²) >= 11 is 0. The average Bonchev–Trinajstić information content (AvgIpc) is 3.38. The van der Waals surface area contributed by atoms with E-state index in [4.69, 9.17) is 0 Å². The number of rotatable bonds is 7. The van der Waals surface area contributed by atoms with Gasteiger partial charge >= 0.3 is 12.1 Å². The lowest BCUT2D eigenvalue weighted by Crippen LogP contribution is -2.33. The van der Waals surface area contributed by atoms with E-state index >= 15 is 0 Å². The third-order valence-corrected chi connectivity index (χ3v) is 5.61. The molecule has 2 aromatic heterocycles. The number of carbonyl (C=O) groups is 1. The minimum absolute atomic E-state index is 0.0657. The van der Waals surface area contributed by atoms with Crippen LogP contribution in [0.4, 0.5) is 39.3 Å². The molecule has 1 fully saturated rings. The van der Waals surface area contributed by atoms with Crippen LogP contribution in [0.1, 0.15) is 34.3 Å². The largest absolute Gasteiger partial charge is 0.458 e. The number of halogens is 5. The molecule has 0 spiro atoms. The topological polar surface area (TPSA) is 70.1 Å².